The molecule has 1 fully saturated rings. The van der Waals surface area contributed by atoms with Crippen molar-refractivity contribution in [2.75, 3.05) is 11.5 Å². The van der Waals surface area contributed by atoms with E-state index in [4.69, 9.17) is 0 Å². The molecule has 0 radical (unpaired) electrons. The van der Waals surface area contributed by atoms with Crippen LogP contribution in [0.5, 0.6) is 0 Å². The van der Waals surface area contributed by atoms with Crippen molar-refractivity contribution in [2.45, 2.75) is 50.2 Å². The Kier molecular flexibility index (Phi) is 6.10. The summed E-state index contributed by atoms with van der Waals surface area (Å²) in [7, 11) is -3.41. The third kappa shape index (κ3) is 5.29. The van der Waals surface area contributed by atoms with Gasteiger partial charge in [-0.05, 0) is 42.0 Å². The highest BCUT2D eigenvalue weighted by molar-refractivity contribution is 7.99. The molecule has 1 heterocycles. The highest BCUT2D eigenvalue weighted by Gasteiger charge is 2.22. The first-order valence-electron chi connectivity index (χ1n) is 7.40. The van der Waals surface area contributed by atoms with E-state index >= 15 is 0 Å². The van der Waals surface area contributed by atoms with Crippen molar-refractivity contribution < 1.29 is 8.42 Å². The first-order valence-corrected chi connectivity index (χ1v) is 10.0. The summed E-state index contributed by atoms with van der Waals surface area (Å²) in [5, 5.41) is 3.30. The summed E-state index contributed by atoms with van der Waals surface area (Å²) in [6.45, 7) is 4.83. The highest BCUT2D eigenvalue weighted by Crippen LogP contribution is 2.19. The molecule has 1 aliphatic rings. The van der Waals surface area contributed by atoms with Crippen molar-refractivity contribution >= 4 is 21.8 Å². The Bertz CT molecular complexity index is 553. The number of thioether (sulfide) groups is 1. The second-order valence-corrected chi connectivity index (χ2v) is 8.63. The lowest BCUT2D eigenvalue weighted by Crippen LogP contribution is -2.37. The van der Waals surface area contributed by atoms with Crippen molar-refractivity contribution in [3.8, 4) is 0 Å². The quantitative estimate of drug-likeness (QED) is 0.842. The minimum Gasteiger partial charge on any atom is -0.310 e. The van der Waals surface area contributed by atoms with Crippen LogP contribution in [0.15, 0.2) is 29.2 Å². The van der Waals surface area contributed by atoms with Crippen molar-refractivity contribution in [1.29, 1.82) is 0 Å². The molecule has 0 aromatic heterocycles. The van der Waals surface area contributed by atoms with Gasteiger partial charge in [-0.1, -0.05) is 26.0 Å². The molecule has 0 aliphatic carbocycles. The first-order chi connectivity index (χ1) is 9.97. The van der Waals surface area contributed by atoms with E-state index in [1.165, 1.54) is 0 Å². The van der Waals surface area contributed by atoms with Crippen LogP contribution >= 0.6 is 11.8 Å². The second-order valence-electron chi connectivity index (χ2n) is 5.69. The summed E-state index contributed by atoms with van der Waals surface area (Å²) in [4.78, 5) is 0.365. The summed E-state index contributed by atoms with van der Waals surface area (Å²) in [6.07, 6.45) is 1.83. The monoisotopic (exact) mass is 328 g/mol. The van der Waals surface area contributed by atoms with Gasteiger partial charge in [-0.15, -0.1) is 0 Å². The molecule has 21 heavy (non-hydrogen) atoms. The van der Waals surface area contributed by atoms with Gasteiger partial charge in [0.05, 0.1) is 4.90 Å². The number of hydrogen-bond acceptors (Lipinski definition) is 4. The average Bonchev–Trinajstić information content (AvgIpc) is 2.46. The van der Waals surface area contributed by atoms with E-state index in [1.807, 2.05) is 23.9 Å². The zero-order valence-corrected chi connectivity index (χ0v) is 14.3. The van der Waals surface area contributed by atoms with Gasteiger partial charge in [0, 0.05) is 18.6 Å². The average molecular weight is 329 g/mol. The zero-order chi connectivity index (χ0) is 15.3. The van der Waals surface area contributed by atoms with Crippen LogP contribution in [0.3, 0.4) is 0 Å². The summed E-state index contributed by atoms with van der Waals surface area (Å²) in [6, 6.07) is 7.64. The first kappa shape index (κ1) is 16.8. The maximum absolute atomic E-state index is 12.5. The van der Waals surface area contributed by atoms with E-state index in [0.29, 0.717) is 17.5 Å². The molecule has 0 bridgehead atoms. The second kappa shape index (κ2) is 7.63. The molecule has 1 aromatic carbocycles. The number of nitrogens with one attached hydrogen (secondary N) is 2. The molecule has 118 valence electrons. The fraction of sp³-hybridized carbons (Fsp3) is 0.600. The predicted octanol–water partition coefficient (Wildman–Crippen LogP) is 2.36. The molecule has 4 nitrogen and oxygen atoms in total. The van der Waals surface area contributed by atoms with E-state index in [1.54, 1.807) is 12.1 Å². The SMILES string of the molecule is CC(C)NCc1cccc(S(=O)(=O)NC2CCSCC2)c1. The summed E-state index contributed by atoms with van der Waals surface area (Å²) in [5.41, 5.74) is 0.991. The van der Waals surface area contributed by atoms with Crippen LogP contribution in [0, 0.1) is 0 Å². The number of sulfonamides is 1. The minimum atomic E-state index is -3.41. The largest absolute Gasteiger partial charge is 0.310 e. The fourth-order valence-electron chi connectivity index (χ4n) is 2.25. The van der Waals surface area contributed by atoms with Crippen molar-refractivity contribution in [2.24, 2.45) is 0 Å². The minimum absolute atomic E-state index is 0.0775. The lowest BCUT2D eigenvalue weighted by molar-refractivity contribution is 0.528. The smallest absolute Gasteiger partial charge is 0.240 e. The van der Waals surface area contributed by atoms with Crippen LogP contribution in [0.25, 0.3) is 0 Å². The fourth-order valence-corrected chi connectivity index (χ4v) is 4.73. The Balaban J connectivity index is 2.06. The van der Waals surface area contributed by atoms with E-state index in [0.717, 1.165) is 29.9 Å². The maximum Gasteiger partial charge on any atom is 0.240 e. The van der Waals surface area contributed by atoms with Crippen LogP contribution in [-0.2, 0) is 16.6 Å². The third-order valence-electron chi connectivity index (χ3n) is 3.47. The number of benzene rings is 1. The van der Waals surface area contributed by atoms with Crippen LogP contribution in [0.2, 0.25) is 0 Å². The van der Waals surface area contributed by atoms with Crippen LogP contribution in [0.4, 0.5) is 0 Å². The molecule has 0 spiro atoms. The standard InChI is InChI=1S/C15H24N2O2S2/c1-12(2)16-11-13-4-3-5-15(10-13)21(18,19)17-14-6-8-20-9-7-14/h3-5,10,12,14,16-17H,6-9,11H2,1-2H3. The van der Waals surface area contributed by atoms with Crippen LogP contribution in [-0.4, -0.2) is 32.0 Å². The summed E-state index contributed by atoms with van der Waals surface area (Å²) in [5.74, 6) is 2.07. The summed E-state index contributed by atoms with van der Waals surface area (Å²) < 4.78 is 27.7. The van der Waals surface area contributed by atoms with Gasteiger partial charge in [0.2, 0.25) is 10.0 Å². The van der Waals surface area contributed by atoms with Gasteiger partial charge in [0.15, 0.2) is 0 Å². The van der Waals surface area contributed by atoms with Crippen molar-refractivity contribution in [3.63, 3.8) is 0 Å². The molecular weight excluding hydrogens is 304 g/mol. The van der Waals surface area contributed by atoms with Gasteiger partial charge in [-0.25, -0.2) is 13.1 Å². The molecule has 6 heteroatoms. The Labute approximate surface area is 132 Å². The van der Waals surface area contributed by atoms with Gasteiger partial charge < -0.3 is 5.32 Å². The number of hydrogen-bond donors (Lipinski definition) is 2. The molecule has 2 rings (SSSR count). The molecule has 0 atom stereocenters. The third-order valence-corrected chi connectivity index (χ3v) is 6.03. The Hall–Kier alpha value is -0.560. The lowest BCUT2D eigenvalue weighted by atomic mass is 10.2. The normalized spacial score (nSPS) is 17.3. The van der Waals surface area contributed by atoms with E-state index in [2.05, 4.69) is 23.9 Å². The van der Waals surface area contributed by atoms with Gasteiger partial charge in [0.25, 0.3) is 0 Å². The van der Waals surface area contributed by atoms with Crippen molar-refractivity contribution in [3.05, 3.63) is 29.8 Å². The summed E-state index contributed by atoms with van der Waals surface area (Å²) >= 11 is 1.89. The maximum atomic E-state index is 12.5. The topological polar surface area (TPSA) is 58.2 Å². The van der Waals surface area contributed by atoms with E-state index in [9.17, 15) is 8.42 Å². The molecule has 0 unspecified atom stereocenters. The molecule has 2 N–H and O–H groups in total. The molecule has 0 saturated carbocycles. The lowest BCUT2D eigenvalue weighted by Gasteiger charge is -2.22. The Morgan fingerprint density at radius 2 is 2.00 bits per heavy atom. The van der Waals surface area contributed by atoms with Crippen LogP contribution < -0.4 is 10.0 Å². The van der Waals surface area contributed by atoms with Crippen molar-refractivity contribution in [1.82, 2.24) is 10.0 Å². The molecule has 1 aliphatic heterocycles. The molecule has 1 aromatic rings. The van der Waals surface area contributed by atoms with Gasteiger partial charge >= 0.3 is 0 Å². The van der Waals surface area contributed by atoms with E-state index in [-0.39, 0.29) is 6.04 Å². The van der Waals surface area contributed by atoms with E-state index < -0.39 is 10.0 Å². The zero-order valence-electron chi connectivity index (χ0n) is 12.6. The Morgan fingerprint density at radius 1 is 1.29 bits per heavy atom. The van der Waals surface area contributed by atoms with Gasteiger partial charge in [-0.2, -0.15) is 11.8 Å². The predicted molar refractivity (Wildman–Crippen MR) is 89.1 cm³/mol. The number of rotatable bonds is 6. The molecule has 0 amide bonds. The molecular formula is C15H24N2O2S2. The van der Waals surface area contributed by atoms with Gasteiger partial charge in [-0.3, -0.25) is 0 Å². The Morgan fingerprint density at radius 3 is 2.67 bits per heavy atom. The van der Waals surface area contributed by atoms with Gasteiger partial charge in [0.1, 0.15) is 0 Å². The van der Waals surface area contributed by atoms with Crippen LogP contribution in [0.1, 0.15) is 32.3 Å². The highest BCUT2D eigenvalue weighted by atomic mass is 32.2. The molecule has 1 saturated heterocycles.